The molecule has 0 radical (unpaired) electrons. The molecule has 98 valence electrons. The number of benzene rings is 2. The van der Waals surface area contributed by atoms with Crippen LogP contribution in [0.5, 0.6) is 0 Å². The largest absolute Gasteiger partial charge is 0.399 e. The lowest BCUT2D eigenvalue weighted by molar-refractivity contribution is 0.102. The molecule has 0 aromatic heterocycles. The van der Waals surface area contributed by atoms with Crippen LogP contribution in [0.2, 0.25) is 5.02 Å². The fourth-order valence-electron chi connectivity index (χ4n) is 1.49. The number of carbonyl (C=O) groups is 1. The summed E-state index contributed by atoms with van der Waals surface area (Å²) < 4.78 is 14.3. The molecular formula is C13H9ClFIN2O. The summed E-state index contributed by atoms with van der Waals surface area (Å²) in [6.07, 6.45) is 0. The van der Waals surface area contributed by atoms with Gasteiger partial charge in [0.05, 0.1) is 11.3 Å². The van der Waals surface area contributed by atoms with Crippen LogP contribution in [0.4, 0.5) is 15.8 Å². The van der Waals surface area contributed by atoms with E-state index in [9.17, 15) is 9.18 Å². The number of nitrogens with two attached hydrogens (primary N) is 1. The molecule has 0 aliphatic carbocycles. The molecule has 0 bridgehead atoms. The SMILES string of the molecule is Nc1ccc(NC(=O)c2cc(Cl)ccc2I)c(F)c1. The molecule has 6 heteroatoms. The monoisotopic (exact) mass is 390 g/mol. The van der Waals surface area contributed by atoms with Crippen molar-refractivity contribution in [3.05, 3.63) is 56.4 Å². The Morgan fingerprint density at radius 1 is 1.26 bits per heavy atom. The van der Waals surface area contributed by atoms with Gasteiger partial charge in [-0.05, 0) is 59.0 Å². The van der Waals surface area contributed by atoms with Crippen molar-refractivity contribution in [1.29, 1.82) is 0 Å². The number of halogens is 3. The van der Waals surface area contributed by atoms with Gasteiger partial charge in [0.2, 0.25) is 0 Å². The van der Waals surface area contributed by atoms with Crippen molar-refractivity contribution in [2.45, 2.75) is 0 Å². The van der Waals surface area contributed by atoms with Gasteiger partial charge in [-0.15, -0.1) is 0 Å². The molecule has 0 aliphatic rings. The van der Waals surface area contributed by atoms with Crippen molar-refractivity contribution < 1.29 is 9.18 Å². The molecule has 0 spiro atoms. The first-order valence-corrected chi connectivity index (χ1v) is 6.74. The van der Waals surface area contributed by atoms with Crippen LogP contribution in [0.15, 0.2) is 36.4 Å². The highest BCUT2D eigenvalue weighted by Crippen LogP contribution is 2.21. The minimum absolute atomic E-state index is 0.0787. The molecule has 0 atom stereocenters. The Labute approximate surface area is 128 Å². The zero-order valence-corrected chi connectivity index (χ0v) is 12.5. The van der Waals surface area contributed by atoms with Crippen molar-refractivity contribution in [2.24, 2.45) is 0 Å². The van der Waals surface area contributed by atoms with E-state index in [0.29, 0.717) is 16.3 Å². The highest BCUT2D eigenvalue weighted by Gasteiger charge is 2.13. The Bertz CT molecular complexity index is 649. The van der Waals surface area contributed by atoms with Crippen LogP contribution >= 0.6 is 34.2 Å². The summed E-state index contributed by atoms with van der Waals surface area (Å²) in [7, 11) is 0. The predicted octanol–water partition coefficient (Wildman–Crippen LogP) is 3.92. The summed E-state index contributed by atoms with van der Waals surface area (Å²) in [6, 6.07) is 9.02. The maximum Gasteiger partial charge on any atom is 0.256 e. The smallest absolute Gasteiger partial charge is 0.256 e. The van der Waals surface area contributed by atoms with Crippen molar-refractivity contribution in [3.8, 4) is 0 Å². The first-order valence-electron chi connectivity index (χ1n) is 5.29. The third-order valence-electron chi connectivity index (χ3n) is 2.41. The van der Waals surface area contributed by atoms with Crippen molar-refractivity contribution >= 4 is 51.5 Å². The van der Waals surface area contributed by atoms with E-state index >= 15 is 0 Å². The Hall–Kier alpha value is -1.34. The molecule has 0 unspecified atom stereocenters. The molecule has 3 N–H and O–H groups in total. The number of nitrogen functional groups attached to an aromatic ring is 1. The second kappa shape index (κ2) is 5.75. The van der Waals surface area contributed by atoms with Crippen LogP contribution in [-0.2, 0) is 0 Å². The van der Waals surface area contributed by atoms with Gasteiger partial charge in [-0.2, -0.15) is 0 Å². The molecule has 3 nitrogen and oxygen atoms in total. The zero-order valence-electron chi connectivity index (χ0n) is 9.58. The van der Waals surface area contributed by atoms with Crippen LogP contribution in [0.1, 0.15) is 10.4 Å². The van der Waals surface area contributed by atoms with E-state index in [4.69, 9.17) is 17.3 Å². The van der Waals surface area contributed by atoms with Crippen LogP contribution < -0.4 is 11.1 Å². The third kappa shape index (κ3) is 3.36. The predicted molar refractivity (Wildman–Crippen MR) is 82.9 cm³/mol. The second-order valence-electron chi connectivity index (χ2n) is 3.82. The number of anilines is 2. The highest BCUT2D eigenvalue weighted by atomic mass is 127. The van der Waals surface area contributed by atoms with Gasteiger partial charge in [0.15, 0.2) is 0 Å². The van der Waals surface area contributed by atoms with E-state index in [-0.39, 0.29) is 5.69 Å². The maximum atomic E-state index is 13.6. The fourth-order valence-corrected chi connectivity index (χ4v) is 2.25. The van der Waals surface area contributed by atoms with Crippen LogP contribution in [0.3, 0.4) is 0 Å². The fraction of sp³-hybridized carbons (Fsp3) is 0. The average molecular weight is 391 g/mol. The first-order chi connectivity index (χ1) is 8.97. The van der Waals surface area contributed by atoms with E-state index < -0.39 is 11.7 Å². The summed E-state index contributed by atoms with van der Waals surface area (Å²) in [6.45, 7) is 0. The number of amides is 1. The van der Waals surface area contributed by atoms with Crippen molar-refractivity contribution in [2.75, 3.05) is 11.1 Å². The van der Waals surface area contributed by atoms with E-state index in [1.54, 1.807) is 12.1 Å². The van der Waals surface area contributed by atoms with Crippen LogP contribution in [0, 0.1) is 9.39 Å². The van der Waals surface area contributed by atoms with Gasteiger partial charge in [0.25, 0.3) is 5.91 Å². The molecular weight excluding hydrogens is 382 g/mol. The molecule has 0 heterocycles. The minimum Gasteiger partial charge on any atom is -0.399 e. The normalized spacial score (nSPS) is 10.3. The molecule has 0 saturated heterocycles. The van der Waals surface area contributed by atoms with Gasteiger partial charge in [-0.25, -0.2) is 4.39 Å². The van der Waals surface area contributed by atoms with Gasteiger partial charge >= 0.3 is 0 Å². The van der Waals surface area contributed by atoms with E-state index in [2.05, 4.69) is 5.32 Å². The Kier molecular flexibility index (Phi) is 4.26. The Morgan fingerprint density at radius 3 is 2.68 bits per heavy atom. The molecule has 0 aliphatic heterocycles. The number of rotatable bonds is 2. The summed E-state index contributed by atoms with van der Waals surface area (Å²) >= 11 is 7.86. The van der Waals surface area contributed by atoms with Gasteiger partial charge < -0.3 is 11.1 Å². The second-order valence-corrected chi connectivity index (χ2v) is 5.42. The molecule has 2 aromatic rings. The quantitative estimate of drug-likeness (QED) is 0.603. The molecule has 1 amide bonds. The Morgan fingerprint density at radius 2 is 2.00 bits per heavy atom. The molecule has 0 saturated carbocycles. The number of nitrogens with one attached hydrogen (secondary N) is 1. The summed E-state index contributed by atoms with van der Waals surface area (Å²) in [4.78, 5) is 12.1. The van der Waals surface area contributed by atoms with E-state index in [1.807, 2.05) is 22.6 Å². The number of hydrogen-bond acceptors (Lipinski definition) is 2. The summed E-state index contributed by atoms with van der Waals surface area (Å²) in [5.41, 5.74) is 6.21. The number of carbonyl (C=O) groups excluding carboxylic acids is 1. The zero-order chi connectivity index (χ0) is 14.0. The lowest BCUT2D eigenvalue weighted by Gasteiger charge is -2.08. The maximum absolute atomic E-state index is 13.6. The molecule has 2 rings (SSSR count). The van der Waals surface area contributed by atoms with Crippen LogP contribution in [-0.4, -0.2) is 5.91 Å². The lowest BCUT2D eigenvalue weighted by atomic mass is 10.2. The average Bonchev–Trinajstić information content (AvgIpc) is 2.35. The minimum atomic E-state index is -0.578. The standard InChI is InChI=1S/C13H9ClFIN2O/c14-7-1-3-11(16)9(5-7)13(19)18-12-4-2-8(17)6-10(12)15/h1-6H,17H2,(H,18,19). The van der Waals surface area contributed by atoms with Gasteiger partial charge in [0, 0.05) is 14.3 Å². The summed E-state index contributed by atoms with van der Waals surface area (Å²) in [5, 5.41) is 2.94. The van der Waals surface area contributed by atoms with Crippen molar-refractivity contribution in [3.63, 3.8) is 0 Å². The lowest BCUT2D eigenvalue weighted by Crippen LogP contribution is -2.14. The first kappa shape index (κ1) is 14.1. The van der Waals surface area contributed by atoms with Gasteiger partial charge in [-0.1, -0.05) is 11.6 Å². The van der Waals surface area contributed by atoms with Gasteiger partial charge in [-0.3, -0.25) is 4.79 Å². The third-order valence-corrected chi connectivity index (χ3v) is 3.59. The molecule has 0 fully saturated rings. The highest BCUT2D eigenvalue weighted by molar-refractivity contribution is 14.1. The van der Waals surface area contributed by atoms with E-state index in [1.165, 1.54) is 18.2 Å². The number of hydrogen-bond donors (Lipinski definition) is 2. The topological polar surface area (TPSA) is 55.1 Å². The van der Waals surface area contributed by atoms with Crippen LogP contribution in [0.25, 0.3) is 0 Å². The molecule has 2 aromatic carbocycles. The van der Waals surface area contributed by atoms with Gasteiger partial charge in [0.1, 0.15) is 5.82 Å². The molecule has 19 heavy (non-hydrogen) atoms. The summed E-state index contributed by atoms with van der Waals surface area (Å²) in [5.74, 6) is -0.999. The van der Waals surface area contributed by atoms with E-state index in [0.717, 1.165) is 9.64 Å². The Balaban J connectivity index is 2.28. The van der Waals surface area contributed by atoms with Crippen molar-refractivity contribution in [1.82, 2.24) is 0 Å².